The lowest BCUT2D eigenvalue weighted by molar-refractivity contribution is 0.185. The fourth-order valence-electron chi connectivity index (χ4n) is 2.69. The van der Waals surface area contributed by atoms with E-state index in [1.165, 1.54) is 4.70 Å². The first-order valence-corrected chi connectivity index (χ1v) is 10.1. The van der Waals surface area contributed by atoms with Crippen molar-refractivity contribution < 1.29 is 4.74 Å². The summed E-state index contributed by atoms with van der Waals surface area (Å²) in [6, 6.07) is 18.4. The number of methoxy groups -OCH3 is 1. The van der Waals surface area contributed by atoms with Crippen LogP contribution in [0.5, 0.6) is 0 Å². The first-order chi connectivity index (χ1) is 12.8. The fraction of sp³-hybridized carbons (Fsp3) is 0.211. The molecule has 0 spiro atoms. The molecule has 4 aromatic rings. The molecule has 0 N–H and O–H groups in total. The minimum atomic E-state index is 0.618. The van der Waals surface area contributed by atoms with Gasteiger partial charge in [0.1, 0.15) is 5.01 Å². The molecule has 0 aliphatic carbocycles. The maximum atomic E-state index is 5.27. The Morgan fingerprint density at radius 2 is 1.85 bits per heavy atom. The van der Waals surface area contributed by atoms with Gasteiger partial charge in [-0.3, -0.25) is 4.57 Å². The molecule has 0 atom stereocenters. The first-order valence-electron chi connectivity index (χ1n) is 8.30. The highest BCUT2D eigenvalue weighted by molar-refractivity contribution is 7.98. The summed E-state index contributed by atoms with van der Waals surface area (Å²) < 4.78 is 8.61. The molecule has 2 aromatic carbocycles. The molecule has 0 saturated heterocycles. The van der Waals surface area contributed by atoms with Gasteiger partial charge in [0.15, 0.2) is 11.0 Å². The van der Waals surface area contributed by atoms with E-state index in [9.17, 15) is 0 Å². The summed E-state index contributed by atoms with van der Waals surface area (Å²) in [7, 11) is 1.71. The van der Waals surface area contributed by atoms with E-state index >= 15 is 0 Å². The summed E-state index contributed by atoms with van der Waals surface area (Å²) in [6.07, 6.45) is 0. The van der Waals surface area contributed by atoms with Gasteiger partial charge in [-0.25, -0.2) is 4.98 Å². The molecule has 5 nitrogen and oxygen atoms in total. The van der Waals surface area contributed by atoms with E-state index < -0.39 is 0 Å². The minimum Gasteiger partial charge on any atom is -0.383 e. The number of thiazole rings is 1. The standard InChI is InChI=1S/C19H18N4OS2/c1-24-12-11-23-18(14-7-3-2-4-8-14)21-22-19(23)25-13-17-20-15-9-5-6-10-16(15)26-17/h2-10H,11-13H2,1H3. The van der Waals surface area contributed by atoms with E-state index in [0.717, 1.165) is 39.4 Å². The van der Waals surface area contributed by atoms with Crippen LogP contribution in [0.15, 0.2) is 59.8 Å². The molecule has 0 fully saturated rings. The van der Waals surface area contributed by atoms with E-state index in [-0.39, 0.29) is 0 Å². The van der Waals surface area contributed by atoms with E-state index in [2.05, 4.69) is 39.0 Å². The zero-order chi connectivity index (χ0) is 17.8. The Morgan fingerprint density at radius 3 is 2.65 bits per heavy atom. The van der Waals surface area contributed by atoms with Crippen LogP contribution in [-0.2, 0) is 17.0 Å². The fourth-order valence-corrected chi connectivity index (χ4v) is 4.61. The van der Waals surface area contributed by atoms with Gasteiger partial charge < -0.3 is 4.74 Å². The van der Waals surface area contributed by atoms with Crippen LogP contribution in [0.3, 0.4) is 0 Å². The summed E-state index contributed by atoms with van der Waals surface area (Å²) in [5.74, 6) is 1.65. The van der Waals surface area contributed by atoms with Crippen LogP contribution < -0.4 is 0 Å². The largest absolute Gasteiger partial charge is 0.383 e. The van der Waals surface area contributed by atoms with Crippen molar-refractivity contribution >= 4 is 33.3 Å². The number of rotatable bonds is 7. The quantitative estimate of drug-likeness (QED) is 0.441. The topological polar surface area (TPSA) is 52.8 Å². The van der Waals surface area contributed by atoms with Crippen LogP contribution in [0.1, 0.15) is 5.01 Å². The van der Waals surface area contributed by atoms with Gasteiger partial charge in [-0.1, -0.05) is 54.2 Å². The van der Waals surface area contributed by atoms with Gasteiger partial charge in [0.25, 0.3) is 0 Å². The molecule has 2 aromatic heterocycles. The van der Waals surface area contributed by atoms with Crippen molar-refractivity contribution in [3.8, 4) is 11.4 Å². The number of fused-ring (bicyclic) bond motifs is 1. The number of hydrogen-bond donors (Lipinski definition) is 0. The maximum absolute atomic E-state index is 5.27. The van der Waals surface area contributed by atoms with Crippen molar-refractivity contribution in [2.75, 3.05) is 13.7 Å². The van der Waals surface area contributed by atoms with Gasteiger partial charge in [-0.2, -0.15) is 0 Å². The lowest BCUT2D eigenvalue weighted by Gasteiger charge is -2.09. The molecule has 0 radical (unpaired) electrons. The Morgan fingerprint density at radius 1 is 1.04 bits per heavy atom. The Kier molecular flexibility index (Phi) is 5.29. The van der Waals surface area contributed by atoms with Gasteiger partial charge in [0, 0.05) is 12.7 Å². The normalized spacial score (nSPS) is 11.3. The molecule has 132 valence electrons. The number of thioether (sulfide) groups is 1. The van der Waals surface area contributed by atoms with Crippen LogP contribution in [0, 0.1) is 0 Å². The number of aromatic nitrogens is 4. The number of benzene rings is 2. The molecule has 0 amide bonds. The van der Waals surface area contributed by atoms with E-state index in [1.54, 1.807) is 30.2 Å². The van der Waals surface area contributed by atoms with E-state index in [0.29, 0.717) is 6.61 Å². The molecule has 26 heavy (non-hydrogen) atoms. The summed E-state index contributed by atoms with van der Waals surface area (Å²) in [5, 5.41) is 10.8. The van der Waals surface area contributed by atoms with Crippen LogP contribution in [0.25, 0.3) is 21.6 Å². The van der Waals surface area contributed by atoms with E-state index in [1.807, 2.05) is 30.3 Å². The second-order valence-electron chi connectivity index (χ2n) is 5.68. The van der Waals surface area contributed by atoms with Gasteiger partial charge in [0.05, 0.1) is 29.1 Å². The number of para-hydroxylation sites is 1. The number of hydrogen-bond acceptors (Lipinski definition) is 6. The summed E-state index contributed by atoms with van der Waals surface area (Å²) >= 11 is 3.39. The van der Waals surface area contributed by atoms with Crippen LogP contribution in [0.2, 0.25) is 0 Å². The molecule has 0 saturated carbocycles. The maximum Gasteiger partial charge on any atom is 0.191 e. The highest BCUT2D eigenvalue weighted by Crippen LogP contribution is 2.29. The Labute approximate surface area is 160 Å². The SMILES string of the molecule is COCCn1c(SCc2nc3ccccc3s2)nnc1-c1ccccc1. The van der Waals surface area contributed by atoms with Crippen molar-refractivity contribution in [3.63, 3.8) is 0 Å². The Hall–Kier alpha value is -2.22. The van der Waals surface area contributed by atoms with Crippen molar-refractivity contribution in [2.45, 2.75) is 17.5 Å². The summed E-state index contributed by atoms with van der Waals surface area (Å²) in [4.78, 5) is 4.70. The molecule has 2 heterocycles. The average molecular weight is 383 g/mol. The third-order valence-electron chi connectivity index (χ3n) is 3.93. The Balaban J connectivity index is 1.58. The predicted molar refractivity (Wildman–Crippen MR) is 107 cm³/mol. The molecule has 0 aliphatic heterocycles. The molecule has 4 rings (SSSR count). The van der Waals surface area contributed by atoms with Gasteiger partial charge >= 0.3 is 0 Å². The third kappa shape index (κ3) is 3.65. The number of nitrogens with zero attached hydrogens (tertiary/aromatic N) is 4. The van der Waals surface area contributed by atoms with Gasteiger partial charge in [-0.05, 0) is 12.1 Å². The lowest BCUT2D eigenvalue weighted by atomic mass is 10.2. The van der Waals surface area contributed by atoms with Crippen molar-refractivity contribution in [1.82, 2.24) is 19.7 Å². The molecular weight excluding hydrogens is 364 g/mol. The number of ether oxygens (including phenoxy) is 1. The van der Waals surface area contributed by atoms with Gasteiger partial charge in [-0.15, -0.1) is 21.5 Å². The smallest absolute Gasteiger partial charge is 0.191 e. The average Bonchev–Trinajstić information content (AvgIpc) is 3.28. The summed E-state index contributed by atoms with van der Waals surface area (Å²) in [5.41, 5.74) is 2.11. The van der Waals surface area contributed by atoms with E-state index in [4.69, 9.17) is 9.72 Å². The molecule has 0 unspecified atom stereocenters. The zero-order valence-corrected chi connectivity index (χ0v) is 16.0. The van der Waals surface area contributed by atoms with Crippen molar-refractivity contribution in [1.29, 1.82) is 0 Å². The zero-order valence-electron chi connectivity index (χ0n) is 14.3. The summed E-state index contributed by atoms with van der Waals surface area (Å²) in [6.45, 7) is 1.34. The predicted octanol–water partition coefficient (Wildman–Crippen LogP) is 4.49. The van der Waals surface area contributed by atoms with Crippen LogP contribution in [-0.4, -0.2) is 33.5 Å². The molecule has 0 aliphatic rings. The second-order valence-corrected chi connectivity index (χ2v) is 7.74. The Bertz CT molecular complexity index is 964. The lowest BCUT2D eigenvalue weighted by Crippen LogP contribution is -2.07. The highest BCUT2D eigenvalue weighted by atomic mass is 32.2. The molecule has 7 heteroatoms. The minimum absolute atomic E-state index is 0.618. The van der Waals surface area contributed by atoms with Crippen molar-refractivity contribution in [2.24, 2.45) is 0 Å². The first kappa shape index (κ1) is 17.2. The second kappa shape index (κ2) is 7.99. The third-order valence-corrected chi connectivity index (χ3v) is 6.13. The highest BCUT2D eigenvalue weighted by Gasteiger charge is 2.15. The molecular formula is C19H18N4OS2. The van der Waals surface area contributed by atoms with Crippen LogP contribution >= 0.6 is 23.1 Å². The van der Waals surface area contributed by atoms with Gasteiger partial charge in [0.2, 0.25) is 0 Å². The monoisotopic (exact) mass is 382 g/mol. The molecule has 0 bridgehead atoms. The van der Waals surface area contributed by atoms with Crippen LogP contribution in [0.4, 0.5) is 0 Å². The van der Waals surface area contributed by atoms with Crippen molar-refractivity contribution in [3.05, 3.63) is 59.6 Å².